The Morgan fingerprint density at radius 1 is 1.67 bits per heavy atom. The monoisotopic (exact) mass is 211 g/mol. The van der Waals surface area contributed by atoms with Crippen LogP contribution >= 0.6 is 0 Å². The van der Waals surface area contributed by atoms with Crippen molar-refractivity contribution in [1.29, 1.82) is 0 Å². The zero-order chi connectivity index (χ0) is 11.4. The van der Waals surface area contributed by atoms with Crippen LogP contribution in [0.4, 0.5) is 0 Å². The van der Waals surface area contributed by atoms with Gasteiger partial charge in [-0.25, -0.2) is 4.99 Å². The Labute approximate surface area is 87.4 Å². The molecule has 0 amide bonds. The fraction of sp³-hybridized carbons (Fsp3) is 0.625. The summed E-state index contributed by atoms with van der Waals surface area (Å²) in [5, 5.41) is 10.7. The lowest BCUT2D eigenvalue weighted by Gasteiger charge is -2.15. The number of nitro groups is 1. The average molecular weight is 211 g/mol. The normalized spacial score (nSPS) is 22.7. The Bertz CT molecular complexity index is 345. The third-order valence-corrected chi connectivity index (χ3v) is 1.76. The Hall–Kier alpha value is -1.79. The summed E-state index contributed by atoms with van der Waals surface area (Å²) in [6.07, 6.45) is 1.26. The molecule has 7 heteroatoms. The summed E-state index contributed by atoms with van der Waals surface area (Å²) in [5.74, 6) is 0.640. The molecule has 1 aliphatic heterocycles. The molecule has 1 unspecified atom stereocenters. The van der Waals surface area contributed by atoms with E-state index in [4.69, 9.17) is 0 Å². The lowest BCUT2D eigenvalue weighted by molar-refractivity contribution is -0.483. The SMILES string of the molecule is CCN=C1N=C(N(C)C)N=CC1[N+](=O)[O-]. The Morgan fingerprint density at radius 3 is 2.80 bits per heavy atom. The molecule has 1 atom stereocenters. The molecular formula is C8H13N5O2. The minimum absolute atomic E-state index is 0.209. The van der Waals surface area contributed by atoms with Crippen LogP contribution in [-0.2, 0) is 0 Å². The van der Waals surface area contributed by atoms with Crippen molar-refractivity contribution in [1.82, 2.24) is 4.90 Å². The van der Waals surface area contributed by atoms with Crippen LogP contribution in [0.15, 0.2) is 15.0 Å². The van der Waals surface area contributed by atoms with Gasteiger partial charge in [0.1, 0.15) is 0 Å². The van der Waals surface area contributed by atoms with Gasteiger partial charge in [0.05, 0.1) is 6.21 Å². The van der Waals surface area contributed by atoms with Crippen molar-refractivity contribution >= 4 is 18.0 Å². The fourth-order valence-corrected chi connectivity index (χ4v) is 1.06. The molecule has 0 aliphatic carbocycles. The van der Waals surface area contributed by atoms with Gasteiger partial charge >= 0.3 is 6.04 Å². The van der Waals surface area contributed by atoms with E-state index in [0.717, 1.165) is 0 Å². The second-order valence-corrected chi connectivity index (χ2v) is 3.15. The lowest BCUT2D eigenvalue weighted by atomic mass is 10.3. The van der Waals surface area contributed by atoms with Gasteiger partial charge < -0.3 is 4.90 Å². The van der Waals surface area contributed by atoms with Crippen LogP contribution in [0.2, 0.25) is 0 Å². The van der Waals surface area contributed by atoms with E-state index >= 15 is 0 Å². The van der Waals surface area contributed by atoms with Crippen molar-refractivity contribution < 1.29 is 4.92 Å². The minimum atomic E-state index is -1.02. The zero-order valence-electron chi connectivity index (χ0n) is 8.91. The summed E-state index contributed by atoms with van der Waals surface area (Å²) in [6.45, 7) is 2.28. The van der Waals surface area contributed by atoms with Crippen LogP contribution in [0.5, 0.6) is 0 Å². The van der Waals surface area contributed by atoms with Gasteiger partial charge in [-0.2, -0.15) is 4.99 Å². The first kappa shape index (κ1) is 11.3. The Balaban J connectivity index is 2.99. The summed E-state index contributed by atoms with van der Waals surface area (Å²) in [5.41, 5.74) is 0. The number of hydrogen-bond acceptors (Lipinski definition) is 5. The van der Waals surface area contributed by atoms with Crippen LogP contribution in [-0.4, -0.2) is 54.5 Å². The maximum absolute atomic E-state index is 10.7. The molecule has 82 valence electrons. The van der Waals surface area contributed by atoms with Crippen molar-refractivity contribution in [3.63, 3.8) is 0 Å². The van der Waals surface area contributed by atoms with E-state index in [2.05, 4.69) is 15.0 Å². The molecule has 0 fully saturated rings. The smallest absolute Gasteiger partial charge is 0.306 e. The molecule has 0 aromatic carbocycles. The number of amidine groups is 1. The number of nitrogens with zero attached hydrogens (tertiary/aromatic N) is 5. The molecule has 0 aromatic heterocycles. The highest BCUT2D eigenvalue weighted by molar-refractivity contribution is 6.12. The quantitative estimate of drug-likeness (QED) is 0.478. The molecule has 0 saturated carbocycles. The second kappa shape index (κ2) is 4.63. The molecule has 15 heavy (non-hydrogen) atoms. The average Bonchev–Trinajstić information content (AvgIpc) is 2.17. The molecule has 1 aliphatic rings. The Kier molecular flexibility index (Phi) is 3.48. The van der Waals surface area contributed by atoms with E-state index in [0.29, 0.717) is 12.5 Å². The van der Waals surface area contributed by atoms with Crippen molar-refractivity contribution in [3.8, 4) is 0 Å². The van der Waals surface area contributed by atoms with Gasteiger partial charge in [-0.1, -0.05) is 0 Å². The van der Waals surface area contributed by atoms with Crippen molar-refractivity contribution in [3.05, 3.63) is 10.1 Å². The van der Waals surface area contributed by atoms with Crippen molar-refractivity contribution in [2.24, 2.45) is 15.0 Å². The first-order chi connectivity index (χ1) is 7.06. The van der Waals surface area contributed by atoms with Gasteiger partial charge in [-0.3, -0.25) is 15.1 Å². The van der Waals surface area contributed by atoms with Gasteiger partial charge in [-0.05, 0) is 6.92 Å². The van der Waals surface area contributed by atoms with Crippen molar-refractivity contribution in [2.75, 3.05) is 20.6 Å². The highest BCUT2D eigenvalue weighted by Gasteiger charge is 2.28. The van der Waals surface area contributed by atoms with E-state index in [-0.39, 0.29) is 5.84 Å². The second-order valence-electron chi connectivity index (χ2n) is 3.15. The molecule has 7 nitrogen and oxygen atoms in total. The summed E-state index contributed by atoms with van der Waals surface area (Å²) < 4.78 is 0. The van der Waals surface area contributed by atoms with Crippen LogP contribution in [0, 0.1) is 10.1 Å². The van der Waals surface area contributed by atoms with Gasteiger partial charge in [-0.15, -0.1) is 0 Å². The predicted octanol–water partition coefficient (Wildman–Crippen LogP) is 0.0521. The highest BCUT2D eigenvalue weighted by atomic mass is 16.6. The standard InChI is InChI=1S/C8H13N5O2/c1-4-9-7-6(13(14)15)5-10-8(11-7)12(2)3/h5-6H,4H2,1-3H3. The molecule has 0 aromatic rings. The van der Waals surface area contributed by atoms with E-state index < -0.39 is 11.0 Å². The van der Waals surface area contributed by atoms with Crippen LogP contribution in [0.1, 0.15) is 6.92 Å². The van der Waals surface area contributed by atoms with Gasteiger partial charge in [0.15, 0.2) is 0 Å². The van der Waals surface area contributed by atoms with Crippen molar-refractivity contribution in [2.45, 2.75) is 13.0 Å². The maximum Gasteiger partial charge on any atom is 0.306 e. The van der Waals surface area contributed by atoms with Gasteiger partial charge in [0, 0.05) is 25.6 Å². The van der Waals surface area contributed by atoms with E-state index in [1.54, 1.807) is 25.9 Å². The number of rotatable bonds is 2. The minimum Gasteiger partial charge on any atom is -0.347 e. The number of guanidine groups is 1. The molecule has 0 radical (unpaired) electrons. The van der Waals surface area contributed by atoms with E-state index in [9.17, 15) is 10.1 Å². The van der Waals surface area contributed by atoms with Gasteiger partial charge in [0.25, 0.3) is 0 Å². The summed E-state index contributed by atoms with van der Waals surface area (Å²) in [7, 11) is 3.54. The van der Waals surface area contributed by atoms with Gasteiger partial charge in [0.2, 0.25) is 11.8 Å². The molecule has 0 saturated heterocycles. The third-order valence-electron chi connectivity index (χ3n) is 1.76. The van der Waals surface area contributed by atoms with Crippen LogP contribution in [0.3, 0.4) is 0 Å². The first-order valence-corrected chi connectivity index (χ1v) is 4.54. The number of hydrogen-bond donors (Lipinski definition) is 0. The summed E-state index contributed by atoms with van der Waals surface area (Å²) in [6, 6.07) is -1.02. The summed E-state index contributed by atoms with van der Waals surface area (Å²) >= 11 is 0. The van der Waals surface area contributed by atoms with E-state index in [1.807, 2.05) is 0 Å². The predicted molar refractivity (Wildman–Crippen MR) is 58.4 cm³/mol. The van der Waals surface area contributed by atoms with Crippen LogP contribution < -0.4 is 0 Å². The highest BCUT2D eigenvalue weighted by Crippen LogP contribution is 2.03. The first-order valence-electron chi connectivity index (χ1n) is 4.54. The van der Waals surface area contributed by atoms with E-state index in [1.165, 1.54) is 6.21 Å². The maximum atomic E-state index is 10.7. The molecule has 0 bridgehead atoms. The Morgan fingerprint density at radius 2 is 2.33 bits per heavy atom. The molecule has 1 rings (SSSR count). The largest absolute Gasteiger partial charge is 0.347 e. The zero-order valence-corrected chi connectivity index (χ0v) is 8.91. The fourth-order valence-electron chi connectivity index (χ4n) is 1.06. The third kappa shape index (κ3) is 2.58. The summed E-state index contributed by atoms with van der Waals surface area (Å²) in [4.78, 5) is 23.8. The molecule has 0 N–H and O–H groups in total. The topological polar surface area (TPSA) is 83.5 Å². The number of aliphatic imine (C=N–C) groups is 3. The molecule has 0 spiro atoms. The molecule has 1 heterocycles. The van der Waals surface area contributed by atoms with Crippen LogP contribution in [0.25, 0.3) is 0 Å². The molecular weight excluding hydrogens is 198 g/mol. The lowest BCUT2D eigenvalue weighted by Crippen LogP contribution is -2.36.